The van der Waals surface area contributed by atoms with Crippen molar-refractivity contribution in [3.8, 4) is 0 Å². The molecule has 1 aromatic rings. The van der Waals surface area contributed by atoms with Crippen LogP contribution in [-0.4, -0.2) is 10.6 Å². The molecule has 76 valence electrons. The summed E-state index contributed by atoms with van der Waals surface area (Å²) in [7, 11) is 0. The maximum absolute atomic E-state index is 11.7. The Morgan fingerprint density at radius 1 is 1.50 bits per heavy atom. The lowest BCUT2D eigenvalue weighted by Gasteiger charge is -2.06. The van der Waals surface area contributed by atoms with Crippen molar-refractivity contribution < 1.29 is 4.79 Å². The van der Waals surface area contributed by atoms with Gasteiger partial charge in [-0.1, -0.05) is 53.9 Å². The van der Waals surface area contributed by atoms with Gasteiger partial charge in [-0.05, 0) is 24.6 Å². The van der Waals surface area contributed by atoms with Gasteiger partial charge < -0.3 is 0 Å². The van der Waals surface area contributed by atoms with Gasteiger partial charge in [0.05, 0.1) is 4.83 Å². The fourth-order valence-electron chi connectivity index (χ4n) is 1.06. The summed E-state index contributed by atoms with van der Waals surface area (Å²) < 4.78 is 0.853. The summed E-state index contributed by atoms with van der Waals surface area (Å²) in [6.07, 6.45) is 0. The van der Waals surface area contributed by atoms with Gasteiger partial charge in [0.1, 0.15) is 0 Å². The van der Waals surface area contributed by atoms with Crippen LogP contribution in [0.15, 0.2) is 22.7 Å². The van der Waals surface area contributed by atoms with Gasteiger partial charge in [-0.15, -0.1) is 0 Å². The summed E-state index contributed by atoms with van der Waals surface area (Å²) in [5, 5.41) is 0.796. The normalized spacial score (nSPS) is 12.6. The van der Waals surface area contributed by atoms with Gasteiger partial charge in [-0.3, -0.25) is 4.79 Å². The zero-order chi connectivity index (χ0) is 10.7. The highest BCUT2D eigenvalue weighted by atomic mass is 79.9. The average molecular weight is 385 g/mol. The molecule has 1 atom stereocenters. The van der Waals surface area contributed by atoms with E-state index in [4.69, 9.17) is 0 Å². The maximum Gasteiger partial charge on any atom is 0.177 e. The first-order chi connectivity index (χ1) is 6.56. The predicted molar refractivity (Wildman–Crippen MR) is 69.5 cm³/mol. The molecular formula is C10H9Br3O. The van der Waals surface area contributed by atoms with E-state index in [9.17, 15) is 4.79 Å². The lowest BCUT2D eigenvalue weighted by Crippen LogP contribution is -2.10. The number of rotatable bonds is 3. The Hall–Kier alpha value is 0.330. The lowest BCUT2D eigenvalue weighted by molar-refractivity contribution is 0.0995. The van der Waals surface area contributed by atoms with Crippen LogP contribution in [0.3, 0.4) is 0 Å². The largest absolute Gasteiger partial charge is 0.293 e. The van der Waals surface area contributed by atoms with Crippen LogP contribution in [0.4, 0.5) is 0 Å². The van der Waals surface area contributed by atoms with Crippen molar-refractivity contribution in [3.05, 3.63) is 33.8 Å². The van der Waals surface area contributed by atoms with E-state index in [0.29, 0.717) is 0 Å². The van der Waals surface area contributed by atoms with Crippen LogP contribution < -0.4 is 0 Å². The maximum atomic E-state index is 11.7. The Kier molecular flexibility index (Phi) is 4.80. The molecule has 4 heteroatoms. The fourth-order valence-corrected chi connectivity index (χ4v) is 2.27. The first-order valence-electron chi connectivity index (χ1n) is 4.09. The molecule has 0 aliphatic rings. The summed E-state index contributed by atoms with van der Waals surface area (Å²) in [6, 6.07) is 5.75. The van der Waals surface area contributed by atoms with E-state index < -0.39 is 0 Å². The Balaban J connectivity index is 3.06. The highest BCUT2D eigenvalue weighted by Gasteiger charge is 2.14. The van der Waals surface area contributed by atoms with Crippen molar-refractivity contribution in [3.63, 3.8) is 0 Å². The van der Waals surface area contributed by atoms with Crippen molar-refractivity contribution in [2.75, 3.05) is 0 Å². The number of carbonyl (C=O) groups excluding carboxylic acids is 1. The standard InChI is InChI=1S/C10H9Br3O/c1-6(12)10(14)8-3-2-7(5-11)4-9(8)13/h2-4,6H,5H2,1H3. The van der Waals surface area contributed by atoms with Crippen LogP contribution in [0.1, 0.15) is 22.8 Å². The van der Waals surface area contributed by atoms with Gasteiger partial charge in [0, 0.05) is 15.4 Å². The predicted octanol–water partition coefficient (Wildman–Crippen LogP) is 4.31. The van der Waals surface area contributed by atoms with Crippen LogP contribution in [0.5, 0.6) is 0 Å². The van der Waals surface area contributed by atoms with Crippen molar-refractivity contribution in [1.82, 2.24) is 0 Å². The Morgan fingerprint density at radius 3 is 2.57 bits per heavy atom. The molecule has 0 saturated heterocycles. The van der Waals surface area contributed by atoms with Crippen LogP contribution in [0.25, 0.3) is 0 Å². The first kappa shape index (κ1) is 12.4. The molecule has 0 bridgehead atoms. The summed E-state index contributed by atoms with van der Waals surface area (Å²) in [5.41, 5.74) is 1.87. The minimum absolute atomic E-state index is 0.0954. The number of carbonyl (C=O) groups is 1. The second-order valence-corrected chi connectivity index (χ2v) is 5.72. The van der Waals surface area contributed by atoms with E-state index in [1.165, 1.54) is 0 Å². The molecule has 0 N–H and O–H groups in total. The van der Waals surface area contributed by atoms with Gasteiger partial charge in [0.15, 0.2) is 5.78 Å². The third kappa shape index (κ3) is 2.91. The second kappa shape index (κ2) is 5.42. The highest BCUT2D eigenvalue weighted by molar-refractivity contribution is 9.10. The van der Waals surface area contributed by atoms with Crippen LogP contribution in [0.2, 0.25) is 0 Å². The summed E-state index contributed by atoms with van der Waals surface area (Å²) in [4.78, 5) is 11.5. The zero-order valence-electron chi connectivity index (χ0n) is 7.56. The first-order valence-corrected chi connectivity index (χ1v) is 6.92. The molecule has 14 heavy (non-hydrogen) atoms. The van der Waals surface area contributed by atoms with Crippen LogP contribution >= 0.6 is 47.8 Å². The Labute approximate surface area is 109 Å². The SMILES string of the molecule is CC(Br)C(=O)c1ccc(CBr)cc1Br. The van der Waals surface area contributed by atoms with Gasteiger partial charge in [-0.25, -0.2) is 0 Å². The Morgan fingerprint density at radius 2 is 2.14 bits per heavy atom. The zero-order valence-corrected chi connectivity index (χ0v) is 12.3. The molecule has 1 aromatic carbocycles. The monoisotopic (exact) mass is 382 g/mol. The van der Waals surface area contributed by atoms with Crippen molar-refractivity contribution in [1.29, 1.82) is 0 Å². The number of hydrogen-bond acceptors (Lipinski definition) is 1. The van der Waals surface area contributed by atoms with Crippen molar-refractivity contribution >= 4 is 53.6 Å². The van der Waals surface area contributed by atoms with Gasteiger partial charge in [-0.2, -0.15) is 0 Å². The van der Waals surface area contributed by atoms with Gasteiger partial charge in [0.25, 0.3) is 0 Å². The van der Waals surface area contributed by atoms with Crippen LogP contribution in [0, 0.1) is 0 Å². The highest BCUT2D eigenvalue weighted by Crippen LogP contribution is 2.22. The molecule has 0 aliphatic carbocycles. The fraction of sp³-hybridized carbons (Fsp3) is 0.300. The molecule has 0 saturated carbocycles. The second-order valence-electron chi connectivity index (χ2n) is 2.93. The van der Waals surface area contributed by atoms with Crippen LogP contribution in [-0.2, 0) is 5.33 Å². The van der Waals surface area contributed by atoms with E-state index in [-0.39, 0.29) is 10.6 Å². The van der Waals surface area contributed by atoms with Gasteiger partial charge >= 0.3 is 0 Å². The average Bonchev–Trinajstić information content (AvgIpc) is 2.16. The van der Waals surface area contributed by atoms with E-state index in [2.05, 4.69) is 47.8 Å². The minimum atomic E-state index is -0.145. The third-order valence-corrected chi connectivity index (χ3v) is 3.53. The van der Waals surface area contributed by atoms with Crippen molar-refractivity contribution in [2.45, 2.75) is 17.1 Å². The molecule has 0 amide bonds. The topological polar surface area (TPSA) is 17.1 Å². The molecule has 1 nitrogen and oxygen atoms in total. The number of alkyl halides is 2. The molecular weight excluding hydrogens is 376 g/mol. The summed E-state index contributed by atoms with van der Waals surface area (Å²) in [6.45, 7) is 1.83. The quantitative estimate of drug-likeness (QED) is 0.560. The number of Topliss-reactive ketones (excluding diaryl/α,β-unsaturated/α-hetero) is 1. The molecule has 0 heterocycles. The summed E-state index contributed by atoms with van der Waals surface area (Å²) >= 11 is 10.0. The molecule has 0 aliphatic heterocycles. The molecule has 0 spiro atoms. The Bertz CT molecular complexity index is 347. The smallest absolute Gasteiger partial charge is 0.177 e. The minimum Gasteiger partial charge on any atom is -0.293 e. The van der Waals surface area contributed by atoms with E-state index in [0.717, 1.165) is 20.9 Å². The number of ketones is 1. The third-order valence-electron chi connectivity index (χ3n) is 1.81. The number of hydrogen-bond donors (Lipinski definition) is 0. The lowest BCUT2D eigenvalue weighted by atomic mass is 10.1. The molecule has 0 fully saturated rings. The molecule has 0 aromatic heterocycles. The number of benzene rings is 1. The molecule has 1 unspecified atom stereocenters. The van der Waals surface area contributed by atoms with Gasteiger partial charge in [0.2, 0.25) is 0 Å². The van der Waals surface area contributed by atoms with E-state index in [1.54, 1.807) is 0 Å². The summed E-state index contributed by atoms with van der Waals surface area (Å²) in [5.74, 6) is 0.0954. The number of halogens is 3. The van der Waals surface area contributed by atoms with E-state index in [1.807, 2.05) is 25.1 Å². The van der Waals surface area contributed by atoms with E-state index >= 15 is 0 Å². The molecule has 0 radical (unpaired) electrons. The van der Waals surface area contributed by atoms with Crippen molar-refractivity contribution in [2.24, 2.45) is 0 Å². The molecule has 1 rings (SSSR count).